The molecule has 0 spiro atoms. The number of hydrogen-bond acceptors (Lipinski definition) is 5. The summed E-state index contributed by atoms with van der Waals surface area (Å²) in [6.07, 6.45) is -4.75. The lowest BCUT2D eigenvalue weighted by Gasteiger charge is -2.23. The third-order valence-electron chi connectivity index (χ3n) is 3.44. The summed E-state index contributed by atoms with van der Waals surface area (Å²) in [5, 5.41) is 12.9. The Labute approximate surface area is 197 Å². The Kier molecular flexibility index (Phi) is 8.00. The van der Waals surface area contributed by atoms with E-state index in [4.69, 9.17) is 51.2 Å². The molecule has 0 atom stereocenters. The van der Waals surface area contributed by atoms with Gasteiger partial charge in [-0.1, -0.05) is 46.4 Å². The van der Waals surface area contributed by atoms with Gasteiger partial charge in [-0.2, -0.15) is 33.0 Å². The first-order valence-electron chi connectivity index (χ1n) is 8.00. The number of thioether (sulfide) groups is 1. The van der Waals surface area contributed by atoms with Crippen molar-refractivity contribution in [2.75, 3.05) is 11.7 Å². The van der Waals surface area contributed by atoms with Crippen LogP contribution in [0.1, 0.15) is 25.1 Å². The van der Waals surface area contributed by atoms with Crippen LogP contribution >= 0.6 is 58.2 Å². The van der Waals surface area contributed by atoms with Crippen molar-refractivity contribution >= 4 is 69.9 Å². The lowest BCUT2D eigenvalue weighted by atomic mass is 10.2. The second kappa shape index (κ2) is 9.60. The number of benzene rings is 1. The van der Waals surface area contributed by atoms with Gasteiger partial charge in [-0.05, 0) is 30.8 Å². The molecule has 2 aromatic rings. The van der Waals surface area contributed by atoms with Gasteiger partial charge in [-0.15, -0.1) is 0 Å². The molecule has 0 fully saturated rings. The van der Waals surface area contributed by atoms with Crippen LogP contribution in [0.3, 0.4) is 0 Å². The van der Waals surface area contributed by atoms with Crippen molar-refractivity contribution in [1.82, 2.24) is 9.78 Å². The zero-order valence-corrected chi connectivity index (χ0v) is 19.2. The minimum atomic E-state index is -4.75. The largest absolute Gasteiger partial charge is 0.416 e. The van der Waals surface area contributed by atoms with Crippen molar-refractivity contribution in [2.45, 2.75) is 28.8 Å². The number of hydrogen-bond donors (Lipinski definition) is 0. The Hall–Kier alpha value is -1.42. The lowest BCUT2D eigenvalue weighted by molar-refractivity contribution is -0.137. The molecule has 0 aliphatic heterocycles. The second-order valence-electron chi connectivity index (χ2n) is 5.59. The maximum atomic E-state index is 14.0. The van der Waals surface area contributed by atoms with Crippen LogP contribution in [0.15, 0.2) is 17.0 Å². The van der Waals surface area contributed by atoms with Gasteiger partial charge in [0.05, 0.1) is 27.1 Å². The number of nitrogens with zero attached hydrogens (tertiary/aromatic N) is 4. The number of rotatable bonds is 6. The average molecular weight is 540 g/mol. The van der Waals surface area contributed by atoms with E-state index in [0.29, 0.717) is 17.2 Å². The van der Waals surface area contributed by atoms with E-state index in [0.717, 1.165) is 11.6 Å². The molecule has 168 valence electrons. The molecule has 0 bridgehead atoms. The number of halogens is 8. The first kappa shape index (κ1) is 25.8. The molecule has 1 aromatic heterocycles. The van der Waals surface area contributed by atoms with Gasteiger partial charge in [0.25, 0.3) is 0 Å². The summed E-state index contributed by atoms with van der Waals surface area (Å²) < 4.78 is 51.0. The number of carbonyl (C=O) groups excluding carboxylic acids is 1. The smallest absolute Gasteiger partial charge is 0.272 e. The molecule has 1 aromatic carbocycles. The standard InChI is InChI=1S/C16H10Cl4F4N4O2S/c1-3-30-28(7(2)29)14-13(31-16(19,20)24)11(6-25)26-27(14)12-9(17)4-8(5-10(12)18)15(21,22)23/h4-5H,3H2,1-2H3. The zero-order chi connectivity index (χ0) is 23.7. The van der Waals surface area contributed by atoms with E-state index in [-0.39, 0.29) is 34.8 Å². The molecule has 1 amide bonds. The van der Waals surface area contributed by atoms with Gasteiger partial charge in [0, 0.05) is 6.92 Å². The highest BCUT2D eigenvalue weighted by Gasteiger charge is 2.37. The Bertz CT molecular complexity index is 1030. The fourth-order valence-electron chi connectivity index (χ4n) is 2.37. The molecule has 2 rings (SSSR count). The molecule has 0 aliphatic carbocycles. The van der Waals surface area contributed by atoms with E-state index in [1.165, 1.54) is 6.92 Å². The summed E-state index contributed by atoms with van der Waals surface area (Å²) in [7, 11) is 0. The van der Waals surface area contributed by atoms with Crippen LogP contribution in [0, 0.1) is 11.3 Å². The maximum Gasteiger partial charge on any atom is 0.416 e. The first-order chi connectivity index (χ1) is 14.2. The van der Waals surface area contributed by atoms with Crippen LogP contribution in [-0.4, -0.2) is 26.2 Å². The van der Waals surface area contributed by atoms with Crippen LogP contribution in [0.25, 0.3) is 5.69 Å². The van der Waals surface area contributed by atoms with Crippen molar-refractivity contribution in [3.8, 4) is 11.8 Å². The summed E-state index contributed by atoms with van der Waals surface area (Å²) in [5.74, 6) is -1.13. The van der Waals surface area contributed by atoms with Crippen LogP contribution in [0.4, 0.5) is 23.4 Å². The van der Waals surface area contributed by atoms with Crippen LogP contribution in [-0.2, 0) is 15.8 Å². The van der Waals surface area contributed by atoms with Crippen molar-refractivity contribution in [1.29, 1.82) is 5.26 Å². The molecule has 0 unspecified atom stereocenters. The predicted octanol–water partition coefficient (Wildman–Crippen LogP) is 6.52. The topological polar surface area (TPSA) is 71.2 Å². The third-order valence-corrected chi connectivity index (χ3v) is 5.29. The van der Waals surface area contributed by atoms with E-state index in [1.54, 1.807) is 6.07 Å². The van der Waals surface area contributed by atoms with E-state index in [9.17, 15) is 27.6 Å². The Morgan fingerprint density at radius 3 is 2.23 bits per heavy atom. The van der Waals surface area contributed by atoms with E-state index in [2.05, 4.69) is 5.10 Å². The summed E-state index contributed by atoms with van der Waals surface area (Å²) >= 11 is 23.0. The molecule has 0 saturated carbocycles. The molecular weight excluding hydrogens is 530 g/mol. The lowest BCUT2D eigenvalue weighted by Crippen LogP contribution is -2.31. The molecular formula is C16H10Cl4F4N4O2S. The third kappa shape index (κ3) is 5.88. The number of anilines is 1. The van der Waals surface area contributed by atoms with Gasteiger partial charge < -0.3 is 0 Å². The van der Waals surface area contributed by atoms with Crippen molar-refractivity contribution in [3.63, 3.8) is 0 Å². The van der Waals surface area contributed by atoms with Gasteiger partial charge in [0.2, 0.25) is 5.91 Å². The highest BCUT2D eigenvalue weighted by Crippen LogP contribution is 2.48. The number of hydroxylamine groups is 1. The zero-order valence-electron chi connectivity index (χ0n) is 15.4. The SMILES string of the molecule is CCON(C(C)=O)c1c(SC(F)(Cl)Cl)c(C#N)nn1-c1c(Cl)cc(C(F)(F)F)cc1Cl. The number of alkyl halides is 6. The van der Waals surface area contributed by atoms with Gasteiger partial charge in [-0.3, -0.25) is 9.63 Å². The van der Waals surface area contributed by atoms with Crippen LogP contribution in [0.2, 0.25) is 10.0 Å². The molecule has 31 heavy (non-hydrogen) atoms. The van der Waals surface area contributed by atoms with Gasteiger partial charge >= 0.3 is 10.1 Å². The number of amides is 1. The number of carbonyl (C=O) groups is 1. The summed E-state index contributed by atoms with van der Waals surface area (Å²) in [6, 6.07) is 2.82. The fraction of sp³-hybridized carbons (Fsp3) is 0.312. The second-order valence-corrected chi connectivity index (χ2v) is 9.26. The average Bonchev–Trinajstić information content (AvgIpc) is 2.94. The van der Waals surface area contributed by atoms with Crippen LogP contribution in [0.5, 0.6) is 0 Å². The van der Waals surface area contributed by atoms with E-state index in [1.807, 2.05) is 0 Å². The van der Waals surface area contributed by atoms with Crippen LogP contribution < -0.4 is 5.06 Å². The molecule has 0 aliphatic rings. The first-order valence-corrected chi connectivity index (χ1v) is 10.3. The monoisotopic (exact) mass is 538 g/mol. The predicted molar refractivity (Wildman–Crippen MR) is 109 cm³/mol. The van der Waals surface area contributed by atoms with E-state index >= 15 is 0 Å². The maximum absolute atomic E-state index is 14.0. The molecule has 0 N–H and O–H groups in total. The van der Waals surface area contributed by atoms with Gasteiger partial charge in [-0.25, -0.2) is 4.68 Å². The highest BCUT2D eigenvalue weighted by atomic mass is 35.5. The minimum Gasteiger partial charge on any atom is -0.272 e. The fourth-order valence-corrected chi connectivity index (χ4v) is 4.16. The van der Waals surface area contributed by atoms with Gasteiger partial charge in [0.1, 0.15) is 11.8 Å². The minimum absolute atomic E-state index is 0.0618. The quantitative estimate of drug-likeness (QED) is 0.181. The van der Waals surface area contributed by atoms with Crippen molar-refractivity contribution in [2.24, 2.45) is 0 Å². The normalized spacial score (nSPS) is 12.0. The Morgan fingerprint density at radius 1 is 1.29 bits per heavy atom. The number of nitriles is 1. The molecule has 15 heteroatoms. The molecule has 6 nitrogen and oxygen atoms in total. The van der Waals surface area contributed by atoms with Gasteiger partial charge in [0.15, 0.2) is 11.5 Å². The molecule has 1 heterocycles. The summed E-state index contributed by atoms with van der Waals surface area (Å²) in [4.78, 5) is 17.1. The molecule has 0 radical (unpaired) electrons. The number of aromatic nitrogens is 2. The Morgan fingerprint density at radius 2 is 1.84 bits per heavy atom. The van der Waals surface area contributed by atoms with Crippen molar-refractivity contribution in [3.05, 3.63) is 33.4 Å². The Balaban J connectivity index is 2.91. The molecule has 0 saturated heterocycles. The van der Waals surface area contributed by atoms with Crippen molar-refractivity contribution < 1.29 is 27.2 Å². The summed E-state index contributed by atoms with van der Waals surface area (Å²) in [5.41, 5.74) is -1.94. The highest BCUT2D eigenvalue weighted by molar-refractivity contribution is 8.03. The summed E-state index contributed by atoms with van der Waals surface area (Å²) in [6.45, 7) is 2.54. The van der Waals surface area contributed by atoms with E-state index < -0.39 is 37.3 Å².